The van der Waals surface area contributed by atoms with Crippen LogP contribution in [0.25, 0.3) is 0 Å². The molecule has 0 unspecified atom stereocenters. The molecule has 0 amide bonds. The van der Waals surface area contributed by atoms with E-state index in [1.54, 1.807) is 5.92 Å². The Morgan fingerprint density at radius 2 is 1.78 bits per heavy atom. The van der Waals surface area contributed by atoms with Gasteiger partial charge in [0.25, 0.3) is 0 Å². The van der Waals surface area contributed by atoms with E-state index < -0.39 is 0 Å². The predicted molar refractivity (Wildman–Crippen MR) is 78.9 cm³/mol. The predicted octanol–water partition coefficient (Wildman–Crippen LogP) is 4.98. The lowest BCUT2D eigenvalue weighted by atomic mass is 9.95. The zero-order chi connectivity index (χ0) is 12.6. The molecule has 1 nitrogen and oxygen atoms in total. The summed E-state index contributed by atoms with van der Waals surface area (Å²) < 4.78 is 0. The first-order valence-corrected chi connectivity index (χ1v) is 7.58. The van der Waals surface area contributed by atoms with Gasteiger partial charge in [0.2, 0.25) is 0 Å². The fourth-order valence-corrected chi connectivity index (χ4v) is 2.80. The summed E-state index contributed by atoms with van der Waals surface area (Å²) in [5.41, 5.74) is 1.48. The molecular formula is C17H26N. The van der Waals surface area contributed by atoms with Crippen LogP contribution in [0.3, 0.4) is 0 Å². The van der Waals surface area contributed by atoms with Gasteiger partial charge in [0, 0.05) is 24.4 Å². The largest absolute Gasteiger partial charge is 0.351 e. The zero-order valence-electron chi connectivity index (χ0n) is 11.7. The molecule has 1 heterocycles. The second kappa shape index (κ2) is 7.45. The van der Waals surface area contributed by atoms with E-state index in [1.807, 2.05) is 0 Å². The average Bonchev–Trinajstić information content (AvgIpc) is 2.78. The van der Waals surface area contributed by atoms with Crippen molar-refractivity contribution in [2.75, 3.05) is 6.54 Å². The van der Waals surface area contributed by atoms with Crippen LogP contribution in [0.4, 0.5) is 0 Å². The first-order chi connectivity index (χ1) is 8.92. The third kappa shape index (κ3) is 3.76. The molecule has 2 rings (SSSR count). The second-order valence-corrected chi connectivity index (χ2v) is 5.34. The van der Waals surface area contributed by atoms with Crippen LogP contribution in [0.15, 0.2) is 36.2 Å². The molecule has 1 heteroatoms. The molecule has 0 saturated heterocycles. The van der Waals surface area contributed by atoms with Crippen molar-refractivity contribution in [1.29, 1.82) is 0 Å². The monoisotopic (exact) mass is 244 g/mol. The van der Waals surface area contributed by atoms with Gasteiger partial charge in [0.1, 0.15) is 0 Å². The molecule has 1 fully saturated rings. The molecule has 0 bridgehead atoms. The molecule has 1 saturated carbocycles. The average molecular weight is 244 g/mol. The number of hydrogen-bond donors (Lipinski definition) is 0. The minimum Gasteiger partial charge on any atom is -0.351 e. The first-order valence-electron chi connectivity index (χ1n) is 7.58. The Morgan fingerprint density at radius 3 is 2.50 bits per heavy atom. The fraction of sp³-hybridized carbons (Fsp3) is 0.588. The number of nitrogens with zero attached hydrogens (tertiary/aromatic N) is 1. The Hall–Kier alpha value is -0.980. The molecule has 0 aromatic heterocycles. The maximum Gasteiger partial charge on any atom is 0.0245 e. The van der Waals surface area contributed by atoms with E-state index in [2.05, 4.69) is 42.3 Å². The van der Waals surface area contributed by atoms with Crippen molar-refractivity contribution in [2.24, 2.45) is 0 Å². The smallest absolute Gasteiger partial charge is 0.0245 e. The molecule has 99 valence electrons. The van der Waals surface area contributed by atoms with Crippen LogP contribution >= 0.6 is 0 Å². The Labute approximate surface area is 112 Å². The van der Waals surface area contributed by atoms with E-state index >= 15 is 0 Å². The maximum absolute atomic E-state index is 2.46. The van der Waals surface area contributed by atoms with E-state index in [1.165, 1.54) is 57.1 Å². The van der Waals surface area contributed by atoms with Crippen molar-refractivity contribution >= 4 is 0 Å². The van der Waals surface area contributed by atoms with Gasteiger partial charge in [-0.3, -0.25) is 0 Å². The van der Waals surface area contributed by atoms with Gasteiger partial charge in [0.05, 0.1) is 0 Å². The Balaban J connectivity index is 2.06. The molecule has 2 aliphatic rings. The Kier molecular flexibility index (Phi) is 5.57. The highest BCUT2D eigenvalue weighted by molar-refractivity contribution is 5.32. The van der Waals surface area contributed by atoms with Crippen LogP contribution in [0.2, 0.25) is 0 Å². The van der Waals surface area contributed by atoms with E-state index in [9.17, 15) is 0 Å². The highest BCUT2D eigenvalue weighted by atomic mass is 15.1. The highest BCUT2D eigenvalue weighted by Gasteiger charge is 2.20. The van der Waals surface area contributed by atoms with Crippen molar-refractivity contribution in [1.82, 2.24) is 4.90 Å². The molecule has 0 aromatic rings. The van der Waals surface area contributed by atoms with Crippen LogP contribution < -0.4 is 0 Å². The van der Waals surface area contributed by atoms with Crippen molar-refractivity contribution in [3.63, 3.8) is 0 Å². The lowest BCUT2D eigenvalue weighted by Gasteiger charge is -2.28. The quantitative estimate of drug-likeness (QED) is 0.630. The SMILES string of the molecule is CCCCN1C=CC=CC=C1[C]1CCCCCC1. The standard InChI is InChI=1S/C17H26N/c1-2-3-14-18-15-10-6-9-13-17(18)16-11-7-4-5-8-12-16/h6,9-10,13,15H,2-5,7-8,11-12,14H2,1H3. The van der Waals surface area contributed by atoms with Gasteiger partial charge < -0.3 is 4.90 Å². The van der Waals surface area contributed by atoms with Gasteiger partial charge in [-0.1, -0.05) is 51.2 Å². The molecule has 0 spiro atoms. The van der Waals surface area contributed by atoms with Crippen LogP contribution in [0, 0.1) is 5.92 Å². The van der Waals surface area contributed by atoms with Crippen molar-refractivity contribution in [3.05, 3.63) is 42.1 Å². The second-order valence-electron chi connectivity index (χ2n) is 5.34. The molecule has 1 radical (unpaired) electrons. The zero-order valence-corrected chi connectivity index (χ0v) is 11.7. The molecule has 1 aliphatic carbocycles. The van der Waals surface area contributed by atoms with Gasteiger partial charge in [-0.05, 0) is 31.4 Å². The van der Waals surface area contributed by atoms with Crippen molar-refractivity contribution in [2.45, 2.75) is 58.3 Å². The van der Waals surface area contributed by atoms with Crippen LogP contribution in [-0.4, -0.2) is 11.4 Å². The molecule has 0 N–H and O–H groups in total. The minimum absolute atomic E-state index is 1.16. The lowest BCUT2D eigenvalue weighted by Crippen LogP contribution is -2.22. The number of allylic oxidation sites excluding steroid dienone is 5. The summed E-state index contributed by atoms with van der Waals surface area (Å²) in [6.45, 7) is 3.42. The summed E-state index contributed by atoms with van der Waals surface area (Å²) in [7, 11) is 0. The third-order valence-corrected chi connectivity index (χ3v) is 3.87. The van der Waals surface area contributed by atoms with Gasteiger partial charge in [-0.2, -0.15) is 0 Å². The van der Waals surface area contributed by atoms with Gasteiger partial charge in [-0.25, -0.2) is 0 Å². The van der Waals surface area contributed by atoms with Crippen LogP contribution in [-0.2, 0) is 0 Å². The Bertz CT molecular complexity index is 317. The summed E-state index contributed by atoms with van der Waals surface area (Å²) in [6, 6.07) is 0. The molecule has 1 aliphatic heterocycles. The first kappa shape index (κ1) is 13.5. The summed E-state index contributed by atoms with van der Waals surface area (Å²) in [5.74, 6) is 1.68. The summed E-state index contributed by atoms with van der Waals surface area (Å²) in [4.78, 5) is 2.46. The molecule has 18 heavy (non-hydrogen) atoms. The summed E-state index contributed by atoms with van der Waals surface area (Å²) >= 11 is 0. The van der Waals surface area contributed by atoms with Crippen molar-refractivity contribution in [3.8, 4) is 0 Å². The third-order valence-electron chi connectivity index (χ3n) is 3.87. The van der Waals surface area contributed by atoms with Crippen LogP contribution in [0.5, 0.6) is 0 Å². The number of hydrogen-bond acceptors (Lipinski definition) is 1. The van der Waals surface area contributed by atoms with E-state index in [4.69, 9.17) is 0 Å². The van der Waals surface area contributed by atoms with E-state index in [0.29, 0.717) is 0 Å². The fourth-order valence-electron chi connectivity index (χ4n) is 2.80. The minimum atomic E-state index is 1.16. The van der Waals surface area contributed by atoms with Gasteiger partial charge in [0.15, 0.2) is 0 Å². The van der Waals surface area contributed by atoms with Crippen molar-refractivity contribution < 1.29 is 0 Å². The molecule has 0 aromatic carbocycles. The normalized spacial score (nSPS) is 21.6. The number of rotatable bonds is 4. The molecular weight excluding hydrogens is 218 g/mol. The van der Waals surface area contributed by atoms with Crippen LogP contribution in [0.1, 0.15) is 58.3 Å². The van der Waals surface area contributed by atoms with E-state index in [-0.39, 0.29) is 0 Å². The lowest BCUT2D eigenvalue weighted by molar-refractivity contribution is 0.432. The van der Waals surface area contributed by atoms with Gasteiger partial charge >= 0.3 is 0 Å². The summed E-state index contributed by atoms with van der Waals surface area (Å²) in [6.07, 6.45) is 21.8. The Morgan fingerprint density at radius 1 is 1.00 bits per heavy atom. The van der Waals surface area contributed by atoms with E-state index in [0.717, 1.165) is 6.54 Å². The topological polar surface area (TPSA) is 3.24 Å². The maximum atomic E-state index is 2.46. The van der Waals surface area contributed by atoms with Gasteiger partial charge in [-0.15, -0.1) is 0 Å². The summed E-state index contributed by atoms with van der Waals surface area (Å²) in [5, 5.41) is 0. The molecule has 0 atom stereocenters. The highest BCUT2D eigenvalue weighted by Crippen LogP contribution is 2.33. The number of unbranched alkanes of at least 4 members (excludes halogenated alkanes) is 1.